The van der Waals surface area contributed by atoms with Crippen molar-refractivity contribution in [1.29, 1.82) is 5.26 Å². The number of hydrogen-bond acceptors (Lipinski definition) is 4. The van der Waals surface area contributed by atoms with E-state index in [0.717, 1.165) is 24.2 Å². The highest BCUT2D eigenvalue weighted by atomic mass is 16.6. The summed E-state index contributed by atoms with van der Waals surface area (Å²) in [6, 6.07) is 16.1. The Balaban J connectivity index is 1.98. The first-order chi connectivity index (χ1) is 10.1. The SMILES string of the molecule is CN(CCc1ccc([N+](=O)[O-])cc1)c1cccc(C#N)c1. The normalized spacial score (nSPS) is 9.90. The van der Waals surface area contributed by atoms with Crippen molar-refractivity contribution >= 4 is 11.4 Å². The third-order valence-corrected chi connectivity index (χ3v) is 3.30. The molecule has 0 aliphatic rings. The average molecular weight is 281 g/mol. The van der Waals surface area contributed by atoms with Gasteiger partial charge in [0, 0.05) is 31.4 Å². The standard InChI is InChI=1S/C16H15N3O2/c1-18(16-4-2-3-14(11-16)12-17)10-9-13-5-7-15(8-6-13)19(20)21/h2-8,11H,9-10H2,1H3. The van der Waals surface area contributed by atoms with Gasteiger partial charge in [0.2, 0.25) is 0 Å². The summed E-state index contributed by atoms with van der Waals surface area (Å²) in [7, 11) is 1.96. The van der Waals surface area contributed by atoms with Crippen LogP contribution < -0.4 is 4.90 Å². The highest BCUT2D eigenvalue weighted by Gasteiger charge is 2.06. The van der Waals surface area contributed by atoms with Gasteiger partial charge in [0.25, 0.3) is 5.69 Å². The van der Waals surface area contributed by atoms with Gasteiger partial charge in [0.05, 0.1) is 16.6 Å². The summed E-state index contributed by atoms with van der Waals surface area (Å²) < 4.78 is 0. The van der Waals surface area contributed by atoms with Crippen LogP contribution in [0.5, 0.6) is 0 Å². The van der Waals surface area contributed by atoms with Gasteiger partial charge < -0.3 is 4.90 Å². The summed E-state index contributed by atoms with van der Waals surface area (Å²) in [5, 5.41) is 19.5. The Kier molecular flexibility index (Phi) is 4.52. The highest BCUT2D eigenvalue weighted by Crippen LogP contribution is 2.16. The summed E-state index contributed by atoms with van der Waals surface area (Å²) in [5.41, 5.74) is 2.77. The molecule has 0 aliphatic carbocycles. The molecule has 0 atom stereocenters. The monoisotopic (exact) mass is 281 g/mol. The minimum absolute atomic E-state index is 0.105. The second-order valence-electron chi connectivity index (χ2n) is 4.76. The van der Waals surface area contributed by atoms with Crippen LogP contribution in [0.15, 0.2) is 48.5 Å². The molecule has 0 unspecified atom stereocenters. The first-order valence-electron chi connectivity index (χ1n) is 6.55. The number of benzene rings is 2. The Morgan fingerprint density at radius 3 is 2.57 bits per heavy atom. The van der Waals surface area contributed by atoms with Crippen molar-refractivity contribution in [2.75, 3.05) is 18.5 Å². The molecule has 0 saturated carbocycles. The zero-order valence-electron chi connectivity index (χ0n) is 11.7. The molecule has 0 amide bonds. The lowest BCUT2D eigenvalue weighted by Gasteiger charge is -2.19. The molecule has 2 rings (SSSR count). The summed E-state index contributed by atoms with van der Waals surface area (Å²) in [4.78, 5) is 12.3. The van der Waals surface area contributed by atoms with Crippen molar-refractivity contribution in [3.05, 3.63) is 69.8 Å². The van der Waals surface area contributed by atoms with E-state index >= 15 is 0 Å². The van der Waals surface area contributed by atoms with Crippen LogP contribution in [0, 0.1) is 21.4 Å². The quantitative estimate of drug-likeness (QED) is 0.623. The van der Waals surface area contributed by atoms with Crippen LogP contribution >= 0.6 is 0 Å². The largest absolute Gasteiger partial charge is 0.374 e. The van der Waals surface area contributed by atoms with Crippen LogP contribution in [0.3, 0.4) is 0 Å². The molecule has 2 aromatic carbocycles. The van der Waals surface area contributed by atoms with Crippen LogP contribution in [0.1, 0.15) is 11.1 Å². The molecule has 0 aliphatic heterocycles. The summed E-state index contributed by atoms with van der Waals surface area (Å²) in [6.07, 6.45) is 0.783. The Labute approximate surface area is 123 Å². The van der Waals surface area contributed by atoms with Crippen molar-refractivity contribution in [1.82, 2.24) is 0 Å². The highest BCUT2D eigenvalue weighted by molar-refractivity contribution is 5.51. The molecule has 0 N–H and O–H groups in total. The summed E-state index contributed by atoms with van der Waals surface area (Å²) in [6.45, 7) is 0.771. The first kappa shape index (κ1) is 14.5. The van der Waals surface area contributed by atoms with Gasteiger partial charge in [-0.2, -0.15) is 5.26 Å². The van der Waals surface area contributed by atoms with Crippen molar-refractivity contribution in [3.63, 3.8) is 0 Å². The number of nitro groups is 1. The maximum absolute atomic E-state index is 10.6. The number of rotatable bonds is 5. The van der Waals surface area contributed by atoms with Crippen molar-refractivity contribution < 1.29 is 4.92 Å². The maximum atomic E-state index is 10.6. The second kappa shape index (κ2) is 6.53. The van der Waals surface area contributed by atoms with E-state index in [9.17, 15) is 10.1 Å². The van der Waals surface area contributed by atoms with Crippen LogP contribution in [0.4, 0.5) is 11.4 Å². The van der Waals surface area contributed by atoms with Gasteiger partial charge in [-0.15, -0.1) is 0 Å². The van der Waals surface area contributed by atoms with Gasteiger partial charge >= 0.3 is 0 Å². The Hall–Kier alpha value is -2.87. The summed E-state index contributed by atoms with van der Waals surface area (Å²) >= 11 is 0. The van der Waals surface area contributed by atoms with E-state index in [4.69, 9.17) is 5.26 Å². The van der Waals surface area contributed by atoms with Gasteiger partial charge in [0.15, 0.2) is 0 Å². The second-order valence-corrected chi connectivity index (χ2v) is 4.76. The lowest BCUT2D eigenvalue weighted by Crippen LogP contribution is -2.20. The number of nitro benzene ring substituents is 1. The molecule has 5 heteroatoms. The van der Waals surface area contributed by atoms with E-state index in [2.05, 4.69) is 11.0 Å². The van der Waals surface area contributed by atoms with E-state index < -0.39 is 4.92 Å². The van der Waals surface area contributed by atoms with Crippen molar-refractivity contribution in [3.8, 4) is 6.07 Å². The van der Waals surface area contributed by atoms with Crippen LogP contribution in [0.2, 0.25) is 0 Å². The van der Waals surface area contributed by atoms with E-state index in [1.165, 1.54) is 12.1 Å². The number of likely N-dealkylation sites (N-methyl/N-ethyl adjacent to an activating group) is 1. The van der Waals surface area contributed by atoms with E-state index in [1.54, 1.807) is 18.2 Å². The molecule has 0 spiro atoms. The third kappa shape index (κ3) is 3.80. The minimum atomic E-state index is -0.400. The molecule has 5 nitrogen and oxygen atoms in total. The molecule has 106 valence electrons. The molecule has 0 fully saturated rings. The predicted molar refractivity (Wildman–Crippen MR) is 81.2 cm³/mol. The molecule has 0 bridgehead atoms. The van der Waals surface area contributed by atoms with Crippen molar-refractivity contribution in [2.24, 2.45) is 0 Å². The van der Waals surface area contributed by atoms with Gasteiger partial charge in [0.1, 0.15) is 0 Å². The fraction of sp³-hybridized carbons (Fsp3) is 0.188. The number of anilines is 1. The molecule has 0 aromatic heterocycles. The van der Waals surface area contributed by atoms with Gasteiger partial charge in [-0.1, -0.05) is 18.2 Å². The number of non-ortho nitro benzene ring substituents is 1. The number of nitrogens with zero attached hydrogens (tertiary/aromatic N) is 3. The van der Waals surface area contributed by atoms with Crippen LogP contribution in [-0.4, -0.2) is 18.5 Å². The molecule has 0 radical (unpaired) electrons. The van der Waals surface area contributed by atoms with E-state index in [-0.39, 0.29) is 5.69 Å². The average Bonchev–Trinajstić information content (AvgIpc) is 2.53. The zero-order valence-corrected chi connectivity index (χ0v) is 11.7. The Morgan fingerprint density at radius 2 is 1.95 bits per heavy atom. The van der Waals surface area contributed by atoms with Gasteiger partial charge in [-0.05, 0) is 30.2 Å². The zero-order chi connectivity index (χ0) is 15.2. The number of nitriles is 1. The van der Waals surface area contributed by atoms with Crippen LogP contribution in [0.25, 0.3) is 0 Å². The topological polar surface area (TPSA) is 70.2 Å². The Morgan fingerprint density at radius 1 is 1.24 bits per heavy atom. The molecular formula is C16H15N3O2. The molecule has 0 saturated heterocycles. The minimum Gasteiger partial charge on any atom is -0.374 e. The molecular weight excluding hydrogens is 266 g/mol. The fourth-order valence-corrected chi connectivity index (χ4v) is 2.02. The summed E-state index contributed by atoms with van der Waals surface area (Å²) in [5.74, 6) is 0. The predicted octanol–water partition coefficient (Wildman–Crippen LogP) is 3.15. The molecule has 21 heavy (non-hydrogen) atoms. The fourth-order valence-electron chi connectivity index (χ4n) is 2.02. The third-order valence-electron chi connectivity index (χ3n) is 3.30. The smallest absolute Gasteiger partial charge is 0.269 e. The first-order valence-corrected chi connectivity index (χ1v) is 6.55. The molecule has 2 aromatic rings. The Bertz CT molecular complexity index is 675. The molecule has 0 heterocycles. The lowest BCUT2D eigenvalue weighted by molar-refractivity contribution is -0.384. The van der Waals surface area contributed by atoms with E-state index in [0.29, 0.717) is 5.56 Å². The van der Waals surface area contributed by atoms with Crippen LogP contribution in [-0.2, 0) is 6.42 Å². The lowest BCUT2D eigenvalue weighted by atomic mass is 10.1. The van der Waals surface area contributed by atoms with E-state index in [1.807, 2.05) is 25.2 Å². The van der Waals surface area contributed by atoms with Gasteiger partial charge in [-0.3, -0.25) is 10.1 Å². The van der Waals surface area contributed by atoms with Crippen molar-refractivity contribution in [2.45, 2.75) is 6.42 Å². The van der Waals surface area contributed by atoms with Gasteiger partial charge in [-0.25, -0.2) is 0 Å². The maximum Gasteiger partial charge on any atom is 0.269 e. The number of hydrogen-bond donors (Lipinski definition) is 0.